The Kier molecular flexibility index (Phi) is 5.46. The third-order valence-corrected chi connectivity index (χ3v) is 5.59. The zero-order valence-corrected chi connectivity index (χ0v) is 18.0. The minimum Gasteiger partial charge on any atom is -0.382 e. The van der Waals surface area contributed by atoms with E-state index in [4.69, 9.17) is 4.74 Å². The molecule has 0 spiro atoms. The molecule has 5 rings (SSSR count). The molecule has 0 unspecified atom stereocenters. The number of rotatable bonds is 6. The summed E-state index contributed by atoms with van der Waals surface area (Å²) in [7, 11) is 1.58. The van der Waals surface area contributed by atoms with Gasteiger partial charge in [0.1, 0.15) is 5.69 Å². The minimum atomic E-state index is -0.378. The number of amides is 1. The number of nitrogens with one attached hydrogen (secondary N) is 2. The number of H-pyrrole nitrogens is 1. The zero-order valence-electron chi connectivity index (χ0n) is 18.0. The van der Waals surface area contributed by atoms with Crippen LogP contribution in [0.2, 0.25) is 0 Å². The largest absolute Gasteiger partial charge is 0.382 e. The molecule has 5 aromatic rings. The van der Waals surface area contributed by atoms with Gasteiger partial charge in [-0.25, -0.2) is 4.98 Å². The molecule has 0 aliphatic carbocycles. The Bertz CT molecular complexity index is 1500. The van der Waals surface area contributed by atoms with Crippen molar-refractivity contribution in [3.63, 3.8) is 0 Å². The molecule has 0 aliphatic rings. The predicted octanol–water partition coefficient (Wildman–Crippen LogP) is 3.96. The first kappa shape index (κ1) is 20.7. The van der Waals surface area contributed by atoms with Crippen molar-refractivity contribution >= 4 is 22.3 Å². The number of benzene rings is 3. The van der Waals surface area contributed by atoms with Crippen LogP contribution in [0.25, 0.3) is 27.7 Å². The average molecular weight is 438 g/mol. The summed E-state index contributed by atoms with van der Waals surface area (Å²) in [5, 5.41) is 5.14. The van der Waals surface area contributed by atoms with E-state index in [1.54, 1.807) is 23.9 Å². The lowest BCUT2D eigenvalue weighted by atomic mass is 10.1. The third-order valence-electron chi connectivity index (χ3n) is 5.59. The first-order chi connectivity index (χ1) is 16.1. The number of hydrogen-bond acceptors (Lipinski definition) is 4. The topological polar surface area (TPSA) is 88.5 Å². The molecule has 1 atom stereocenters. The number of carbonyl (C=O) groups is 1. The summed E-state index contributed by atoms with van der Waals surface area (Å²) < 4.78 is 6.86. The van der Waals surface area contributed by atoms with Crippen molar-refractivity contribution in [1.29, 1.82) is 0 Å². The van der Waals surface area contributed by atoms with Gasteiger partial charge in [0.25, 0.3) is 11.5 Å². The van der Waals surface area contributed by atoms with Gasteiger partial charge in [-0.15, -0.1) is 0 Å². The van der Waals surface area contributed by atoms with E-state index in [0.717, 1.165) is 21.9 Å². The first-order valence-electron chi connectivity index (χ1n) is 10.6. The molecule has 0 saturated heterocycles. The van der Waals surface area contributed by atoms with E-state index < -0.39 is 0 Å². The second-order valence-electron chi connectivity index (χ2n) is 7.81. The van der Waals surface area contributed by atoms with Gasteiger partial charge in [0, 0.05) is 25.1 Å². The number of nitrogens with zero attached hydrogens (tertiary/aromatic N) is 2. The van der Waals surface area contributed by atoms with Crippen molar-refractivity contribution in [3.8, 4) is 11.3 Å². The fourth-order valence-electron chi connectivity index (χ4n) is 3.93. The Morgan fingerprint density at radius 1 is 1.03 bits per heavy atom. The highest BCUT2D eigenvalue weighted by molar-refractivity contribution is 5.93. The number of fused-ring (bicyclic) bond motifs is 2. The Hall–Kier alpha value is -4.23. The van der Waals surface area contributed by atoms with Crippen molar-refractivity contribution in [2.24, 2.45) is 0 Å². The molecule has 164 valence electrons. The van der Waals surface area contributed by atoms with Crippen LogP contribution in [0.15, 0.2) is 90.0 Å². The van der Waals surface area contributed by atoms with E-state index in [-0.39, 0.29) is 28.8 Å². The molecule has 7 heteroatoms. The number of methoxy groups -OCH3 is 1. The van der Waals surface area contributed by atoms with E-state index >= 15 is 0 Å². The number of hydrogen-bond donors (Lipinski definition) is 2. The van der Waals surface area contributed by atoms with E-state index in [9.17, 15) is 9.59 Å². The molecule has 0 aliphatic heterocycles. The summed E-state index contributed by atoms with van der Waals surface area (Å²) in [6.45, 7) is 0.315. The smallest absolute Gasteiger partial charge is 0.292 e. The van der Waals surface area contributed by atoms with Crippen molar-refractivity contribution in [1.82, 2.24) is 19.7 Å². The van der Waals surface area contributed by atoms with E-state index in [1.165, 1.54) is 0 Å². The molecule has 2 heterocycles. The number of ether oxygens (including phenoxy) is 1. The van der Waals surface area contributed by atoms with Crippen LogP contribution in [0.1, 0.15) is 22.1 Å². The maximum atomic E-state index is 12.9. The van der Waals surface area contributed by atoms with Crippen LogP contribution in [0.5, 0.6) is 0 Å². The highest BCUT2D eigenvalue weighted by Crippen LogP contribution is 2.23. The van der Waals surface area contributed by atoms with E-state index in [1.807, 2.05) is 72.8 Å². The van der Waals surface area contributed by atoms with Gasteiger partial charge in [-0.05, 0) is 22.4 Å². The lowest BCUT2D eigenvalue weighted by molar-refractivity contribution is 0.0892. The van der Waals surface area contributed by atoms with Crippen molar-refractivity contribution < 1.29 is 9.53 Å². The Balaban J connectivity index is 1.47. The zero-order chi connectivity index (χ0) is 22.8. The predicted molar refractivity (Wildman–Crippen MR) is 127 cm³/mol. The van der Waals surface area contributed by atoms with Crippen LogP contribution in [-0.4, -0.2) is 34.0 Å². The highest BCUT2D eigenvalue weighted by Gasteiger charge is 2.19. The Labute approximate surface area is 189 Å². The summed E-state index contributed by atoms with van der Waals surface area (Å²) >= 11 is 0. The minimum absolute atomic E-state index is 0.160. The summed E-state index contributed by atoms with van der Waals surface area (Å²) in [5.41, 5.74) is 2.39. The van der Waals surface area contributed by atoms with Crippen LogP contribution in [0.3, 0.4) is 0 Å². The molecule has 7 nitrogen and oxygen atoms in total. The monoisotopic (exact) mass is 438 g/mol. The number of aromatic amines is 1. The molecule has 0 radical (unpaired) electrons. The molecular formula is C26H22N4O3. The average Bonchev–Trinajstić information content (AvgIpc) is 3.29. The molecule has 33 heavy (non-hydrogen) atoms. The molecule has 3 aromatic carbocycles. The van der Waals surface area contributed by atoms with Gasteiger partial charge in [0.05, 0.1) is 18.3 Å². The molecular weight excluding hydrogens is 416 g/mol. The van der Waals surface area contributed by atoms with E-state index in [2.05, 4.69) is 15.3 Å². The van der Waals surface area contributed by atoms with Gasteiger partial charge in [0.2, 0.25) is 5.65 Å². The maximum absolute atomic E-state index is 12.9. The summed E-state index contributed by atoms with van der Waals surface area (Å²) in [5.74, 6) is -0.378. The lowest BCUT2D eigenvalue weighted by Crippen LogP contribution is -2.31. The summed E-state index contributed by atoms with van der Waals surface area (Å²) in [4.78, 5) is 32.8. The van der Waals surface area contributed by atoms with Crippen LogP contribution < -0.4 is 10.9 Å². The summed E-state index contributed by atoms with van der Waals surface area (Å²) in [6.07, 6.45) is 3.34. The number of imidazole rings is 1. The summed E-state index contributed by atoms with van der Waals surface area (Å²) in [6, 6.07) is 23.3. The second kappa shape index (κ2) is 8.72. The fraction of sp³-hybridized carbons (Fsp3) is 0.115. The first-order valence-corrected chi connectivity index (χ1v) is 10.6. The van der Waals surface area contributed by atoms with Gasteiger partial charge >= 0.3 is 0 Å². The van der Waals surface area contributed by atoms with Gasteiger partial charge < -0.3 is 15.0 Å². The fourth-order valence-corrected chi connectivity index (χ4v) is 3.93. The molecule has 2 N–H and O–H groups in total. The van der Waals surface area contributed by atoms with Crippen molar-refractivity contribution in [2.45, 2.75) is 6.04 Å². The van der Waals surface area contributed by atoms with Crippen molar-refractivity contribution in [2.75, 3.05) is 13.7 Å². The normalized spacial score (nSPS) is 12.2. The standard InChI is InChI=1S/C26H22N4O3/c1-33-16-23(18-8-3-2-4-9-18)29-25(31)22-15-30-14-21(28-26(32)24(30)27-22)20-12-11-17-7-5-6-10-19(17)13-20/h2-15,23H,16H2,1H3,(H,28,32)(H,29,31)/t23-/m1/s1. The van der Waals surface area contributed by atoms with Crippen LogP contribution in [-0.2, 0) is 4.74 Å². The second-order valence-corrected chi connectivity index (χ2v) is 7.81. The number of carbonyl (C=O) groups excluding carboxylic acids is 1. The quantitative estimate of drug-likeness (QED) is 0.420. The molecule has 1 amide bonds. The van der Waals surface area contributed by atoms with Crippen molar-refractivity contribution in [3.05, 3.63) is 107 Å². The lowest BCUT2D eigenvalue weighted by Gasteiger charge is -2.17. The third kappa shape index (κ3) is 4.14. The van der Waals surface area contributed by atoms with Gasteiger partial charge in [-0.1, -0.05) is 66.7 Å². The Morgan fingerprint density at radius 2 is 1.79 bits per heavy atom. The van der Waals surface area contributed by atoms with Gasteiger partial charge in [-0.2, -0.15) is 0 Å². The highest BCUT2D eigenvalue weighted by atomic mass is 16.5. The molecule has 0 fully saturated rings. The van der Waals surface area contributed by atoms with E-state index in [0.29, 0.717) is 12.3 Å². The van der Waals surface area contributed by atoms with Gasteiger partial charge in [0.15, 0.2) is 0 Å². The molecule has 0 saturated carbocycles. The van der Waals surface area contributed by atoms with Crippen LogP contribution in [0.4, 0.5) is 0 Å². The Morgan fingerprint density at radius 3 is 2.58 bits per heavy atom. The number of aromatic nitrogens is 3. The van der Waals surface area contributed by atoms with Crippen LogP contribution in [0, 0.1) is 0 Å². The SMILES string of the molecule is COC[C@@H](NC(=O)c1cn2cc(-c3ccc4ccccc4c3)[nH]c(=O)c2n1)c1ccccc1. The van der Waals surface area contributed by atoms with Crippen LogP contribution >= 0.6 is 0 Å². The van der Waals surface area contributed by atoms with Gasteiger partial charge in [-0.3, -0.25) is 14.0 Å². The maximum Gasteiger partial charge on any atom is 0.292 e. The molecule has 2 aromatic heterocycles. The molecule has 0 bridgehead atoms.